The highest BCUT2D eigenvalue weighted by molar-refractivity contribution is 6.02. The van der Waals surface area contributed by atoms with E-state index in [4.69, 9.17) is 9.90 Å². The summed E-state index contributed by atoms with van der Waals surface area (Å²) in [6, 6.07) is 5.24. The van der Waals surface area contributed by atoms with Gasteiger partial charge < -0.3 is 10.4 Å². The minimum atomic E-state index is -5.08. The number of nitrogens with one attached hydrogen (secondary N) is 2. The highest BCUT2D eigenvalue weighted by Gasteiger charge is 2.42. The van der Waals surface area contributed by atoms with Gasteiger partial charge in [0, 0.05) is 18.9 Å². The number of aryl methyl sites for hydroxylation is 1. The number of aliphatic carboxylic acids is 1. The van der Waals surface area contributed by atoms with Crippen molar-refractivity contribution in [3.8, 4) is 0 Å². The number of amides is 2. The first-order valence-corrected chi connectivity index (χ1v) is 10.00. The third-order valence-electron chi connectivity index (χ3n) is 5.60. The van der Waals surface area contributed by atoms with E-state index in [1.165, 1.54) is 0 Å². The Morgan fingerprint density at radius 2 is 1.91 bits per heavy atom. The first kappa shape index (κ1) is 24.6. The number of piperidine rings is 2. The summed E-state index contributed by atoms with van der Waals surface area (Å²) in [7, 11) is 1.74. The maximum Gasteiger partial charge on any atom is 0.490 e. The number of aromatic nitrogens is 2. The number of carbonyl (C=O) groups excluding carboxylic acids is 2. The van der Waals surface area contributed by atoms with Crippen molar-refractivity contribution < 1.29 is 41.4 Å². The number of hydrogen-bond donors (Lipinski definition) is 3. The van der Waals surface area contributed by atoms with Gasteiger partial charge in [-0.15, -0.1) is 0 Å². The van der Waals surface area contributed by atoms with E-state index in [9.17, 15) is 31.5 Å². The molecule has 2 aliphatic heterocycles. The zero-order valence-corrected chi connectivity index (χ0v) is 17.4. The summed E-state index contributed by atoms with van der Waals surface area (Å²) in [6.45, 7) is 0.244. The molecule has 0 aliphatic carbocycles. The maximum absolute atomic E-state index is 14.3. The van der Waals surface area contributed by atoms with Gasteiger partial charge in [-0.05, 0) is 31.0 Å². The first-order valence-electron chi connectivity index (χ1n) is 10.00. The van der Waals surface area contributed by atoms with Gasteiger partial charge in [0.25, 0.3) is 5.92 Å². The highest BCUT2D eigenvalue weighted by atomic mass is 19.4. The molecule has 0 saturated carbocycles. The van der Waals surface area contributed by atoms with Crippen LogP contribution >= 0.6 is 0 Å². The summed E-state index contributed by atoms with van der Waals surface area (Å²) in [6.07, 6.45) is -4.03. The van der Waals surface area contributed by atoms with Gasteiger partial charge in [0.05, 0.1) is 29.6 Å². The zero-order chi connectivity index (χ0) is 24.6. The summed E-state index contributed by atoms with van der Waals surface area (Å²) < 4.78 is 61.9. The number of carbonyl (C=O) groups is 3. The molecule has 8 nitrogen and oxygen atoms in total. The van der Waals surface area contributed by atoms with Crippen LogP contribution in [-0.2, 0) is 21.4 Å². The minimum absolute atomic E-state index is 0.272. The van der Waals surface area contributed by atoms with Crippen LogP contribution in [0.3, 0.4) is 0 Å². The van der Waals surface area contributed by atoms with Crippen LogP contribution in [-0.4, -0.2) is 57.9 Å². The average Bonchev–Trinajstić information content (AvgIpc) is 3.03. The molecule has 3 heterocycles. The molecule has 2 fully saturated rings. The molecule has 33 heavy (non-hydrogen) atoms. The van der Waals surface area contributed by atoms with Crippen molar-refractivity contribution in [3.63, 3.8) is 0 Å². The molecule has 2 amide bonds. The maximum atomic E-state index is 14.3. The van der Waals surface area contributed by atoms with Crippen LogP contribution < -0.4 is 10.6 Å². The Morgan fingerprint density at radius 1 is 1.24 bits per heavy atom. The van der Waals surface area contributed by atoms with Gasteiger partial charge in [-0.25, -0.2) is 13.6 Å². The van der Waals surface area contributed by atoms with Crippen molar-refractivity contribution in [1.29, 1.82) is 0 Å². The van der Waals surface area contributed by atoms with Gasteiger partial charge >= 0.3 is 12.1 Å². The number of imide groups is 1. The quantitative estimate of drug-likeness (QED) is 0.453. The van der Waals surface area contributed by atoms with Crippen LogP contribution in [0, 0.1) is 0 Å². The van der Waals surface area contributed by atoms with E-state index in [1.807, 2.05) is 0 Å². The van der Waals surface area contributed by atoms with Gasteiger partial charge in [-0.1, -0.05) is 12.1 Å². The molecule has 1 aromatic heterocycles. The number of halogens is 5. The normalized spacial score (nSPS) is 23.0. The van der Waals surface area contributed by atoms with Crippen LogP contribution in [0.4, 0.5) is 22.0 Å². The van der Waals surface area contributed by atoms with Gasteiger partial charge in [0.1, 0.15) is 0 Å². The van der Waals surface area contributed by atoms with Crippen LogP contribution in [0.25, 0.3) is 10.9 Å². The Kier molecular flexibility index (Phi) is 6.73. The van der Waals surface area contributed by atoms with E-state index >= 15 is 0 Å². The van der Waals surface area contributed by atoms with Crippen molar-refractivity contribution >= 4 is 28.7 Å². The number of benzene rings is 1. The third-order valence-corrected chi connectivity index (χ3v) is 5.60. The number of alkyl halides is 5. The number of carboxylic acids is 1. The predicted octanol–water partition coefficient (Wildman–Crippen LogP) is 2.44. The zero-order valence-electron chi connectivity index (χ0n) is 17.4. The molecule has 0 bridgehead atoms. The third kappa shape index (κ3) is 5.29. The topological polar surface area (TPSA) is 113 Å². The molecule has 180 valence electrons. The summed E-state index contributed by atoms with van der Waals surface area (Å²) in [5.74, 6) is -7.51. The lowest BCUT2D eigenvalue weighted by atomic mass is 9.86. The Hall–Kier alpha value is -3.09. The van der Waals surface area contributed by atoms with E-state index in [0.29, 0.717) is 30.6 Å². The second-order valence-electron chi connectivity index (χ2n) is 7.87. The molecule has 2 aromatic rings. The Bertz CT molecular complexity index is 1080. The van der Waals surface area contributed by atoms with E-state index < -0.39 is 29.9 Å². The molecule has 2 aliphatic rings. The lowest BCUT2D eigenvalue weighted by Gasteiger charge is -2.32. The molecule has 2 atom stereocenters. The van der Waals surface area contributed by atoms with Crippen LogP contribution in [0.1, 0.15) is 42.4 Å². The molecule has 1 aromatic carbocycles. The number of rotatable bonds is 2. The largest absolute Gasteiger partial charge is 0.490 e. The lowest BCUT2D eigenvalue weighted by Crippen LogP contribution is -2.44. The smallest absolute Gasteiger partial charge is 0.475 e. The first-order chi connectivity index (χ1) is 15.3. The second-order valence-corrected chi connectivity index (χ2v) is 7.87. The fraction of sp³-hybridized carbons (Fsp3) is 0.500. The predicted molar refractivity (Wildman–Crippen MR) is 105 cm³/mol. The van der Waals surface area contributed by atoms with Crippen molar-refractivity contribution in [1.82, 2.24) is 20.4 Å². The average molecular weight is 476 g/mol. The monoisotopic (exact) mass is 476 g/mol. The number of hydrogen-bond acceptors (Lipinski definition) is 5. The van der Waals surface area contributed by atoms with Gasteiger partial charge in [-0.2, -0.15) is 18.3 Å². The molecule has 2 unspecified atom stereocenters. The molecule has 4 rings (SSSR count). The summed E-state index contributed by atoms with van der Waals surface area (Å²) in [4.78, 5) is 32.4. The van der Waals surface area contributed by atoms with Crippen LogP contribution in [0.2, 0.25) is 0 Å². The van der Waals surface area contributed by atoms with Crippen LogP contribution in [0.5, 0.6) is 0 Å². The van der Waals surface area contributed by atoms with E-state index in [0.717, 1.165) is 10.9 Å². The van der Waals surface area contributed by atoms with E-state index in [-0.39, 0.29) is 24.8 Å². The lowest BCUT2D eigenvalue weighted by molar-refractivity contribution is -0.192. The summed E-state index contributed by atoms with van der Waals surface area (Å²) in [5.41, 5.74) is 1.90. The van der Waals surface area contributed by atoms with Crippen molar-refractivity contribution in [2.45, 2.75) is 43.2 Å². The fourth-order valence-corrected chi connectivity index (χ4v) is 3.98. The molecular formula is C20H21F5N4O4. The molecular weight excluding hydrogens is 455 g/mol. The number of fused-ring (bicyclic) bond motifs is 1. The Morgan fingerprint density at radius 3 is 2.48 bits per heavy atom. The van der Waals surface area contributed by atoms with E-state index in [2.05, 4.69) is 15.7 Å². The van der Waals surface area contributed by atoms with Crippen molar-refractivity contribution in [3.05, 3.63) is 29.5 Å². The molecule has 3 N–H and O–H groups in total. The summed E-state index contributed by atoms with van der Waals surface area (Å²) in [5, 5.41) is 17.4. The highest BCUT2D eigenvalue weighted by Crippen LogP contribution is 2.39. The molecule has 13 heteroatoms. The van der Waals surface area contributed by atoms with Gasteiger partial charge in [0.15, 0.2) is 0 Å². The van der Waals surface area contributed by atoms with Gasteiger partial charge in [0.2, 0.25) is 11.8 Å². The van der Waals surface area contributed by atoms with Crippen LogP contribution in [0.15, 0.2) is 18.2 Å². The SMILES string of the molecule is Cn1nc(C2CCC(=O)NC2=O)c2ccc(C3CCNCC3(F)F)cc21.O=C(O)C(F)(F)F. The van der Waals surface area contributed by atoms with Gasteiger partial charge in [-0.3, -0.25) is 19.6 Å². The van der Waals surface area contributed by atoms with Crippen molar-refractivity contribution in [2.24, 2.45) is 7.05 Å². The Labute approximate surface area is 184 Å². The Balaban J connectivity index is 0.000000383. The molecule has 0 spiro atoms. The molecule has 0 radical (unpaired) electrons. The number of nitrogens with zero attached hydrogens (tertiary/aromatic N) is 2. The number of carboxylic acid groups (broad SMARTS) is 1. The fourth-order valence-electron chi connectivity index (χ4n) is 3.98. The standard InChI is InChI=1S/C18H20F2N4O2.C2HF3O2/c1-24-14-8-10(13-6-7-21-9-18(13,19)20)2-3-11(14)16(23-24)12-4-5-15(25)22-17(12)26;3-2(4,5)1(6)7/h2-3,8,12-13,21H,4-7,9H2,1H3,(H,22,25,26);(H,6,7). The van der Waals surface area contributed by atoms with E-state index in [1.54, 1.807) is 29.9 Å². The van der Waals surface area contributed by atoms with Crippen molar-refractivity contribution in [2.75, 3.05) is 13.1 Å². The summed E-state index contributed by atoms with van der Waals surface area (Å²) >= 11 is 0. The second kappa shape index (κ2) is 9.04. The minimum Gasteiger partial charge on any atom is -0.475 e. The molecule has 2 saturated heterocycles.